The van der Waals surface area contributed by atoms with Crippen molar-refractivity contribution in [1.29, 1.82) is 0 Å². The van der Waals surface area contributed by atoms with E-state index in [2.05, 4.69) is 20.0 Å². The summed E-state index contributed by atoms with van der Waals surface area (Å²) in [5, 5.41) is 2.78. The predicted octanol–water partition coefficient (Wildman–Crippen LogP) is 3.97. The number of ketones is 1. The average Bonchev–Trinajstić information content (AvgIpc) is 2.39. The molecule has 0 spiro atoms. The smallest absolute Gasteiger partial charge is 0.406 e. The molecule has 0 radical (unpaired) electrons. The minimum Gasteiger partial charge on any atom is -0.406 e. The topological polar surface area (TPSA) is 64.1 Å². The number of rotatable bonds is 4. The van der Waals surface area contributed by atoms with Crippen molar-refractivity contribution in [2.24, 2.45) is 0 Å². The van der Waals surface area contributed by atoms with Gasteiger partial charge >= 0.3 is 6.36 Å². The lowest BCUT2D eigenvalue weighted by Crippen LogP contribution is -2.17. The van der Waals surface area contributed by atoms with Crippen molar-refractivity contribution in [2.45, 2.75) is 13.3 Å². The third-order valence-electron chi connectivity index (χ3n) is 2.50. The number of hydrogen-bond acceptors (Lipinski definition) is 5. The molecule has 0 atom stereocenters. The van der Waals surface area contributed by atoms with E-state index in [0.717, 1.165) is 18.5 Å². The molecule has 116 valence electrons. The first-order valence-electron chi connectivity index (χ1n) is 5.90. The molecule has 1 aromatic carbocycles. The van der Waals surface area contributed by atoms with Crippen LogP contribution in [-0.4, -0.2) is 22.1 Å². The summed E-state index contributed by atoms with van der Waals surface area (Å²) in [5.74, 6) is -0.535. The highest BCUT2D eigenvalue weighted by molar-refractivity contribution is 6.33. The van der Waals surface area contributed by atoms with E-state index in [0.29, 0.717) is 5.69 Å². The normalized spacial score (nSPS) is 11.1. The lowest BCUT2D eigenvalue weighted by molar-refractivity contribution is -0.274. The molecule has 2 rings (SSSR count). The van der Waals surface area contributed by atoms with Crippen LogP contribution in [0, 0.1) is 0 Å². The molecular formula is C13H9ClF3N3O2. The summed E-state index contributed by atoms with van der Waals surface area (Å²) >= 11 is 5.83. The van der Waals surface area contributed by atoms with Gasteiger partial charge in [-0.25, -0.2) is 9.97 Å². The second-order valence-electron chi connectivity index (χ2n) is 4.14. The Kier molecular flexibility index (Phi) is 4.51. The number of aromatic nitrogens is 2. The van der Waals surface area contributed by atoms with Gasteiger partial charge in [0.1, 0.15) is 23.0 Å². The summed E-state index contributed by atoms with van der Waals surface area (Å²) in [6.45, 7) is 1.30. The molecule has 0 unspecified atom stereocenters. The third kappa shape index (κ3) is 4.08. The van der Waals surface area contributed by atoms with E-state index in [-0.39, 0.29) is 28.1 Å². The maximum Gasteiger partial charge on any atom is 0.573 e. The number of alkyl halides is 3. The third-order valence-corrected chi connectivity index (χ3v) is 2.79. The van der Waals surface area contributed by atoms with Crippen LogP contribution in [0.25, 0.3) is 0 Å². The highest BCUT2D eigenvalue weighted by atomic mass is 35.5. The van der Waals surface area contributed by atoms with E-state index >= 15 is 0 Å². The van der Waals surface area contributed by atoms with Gasteiger partial charge in [0, 0.05) is 5.69 Å². The largest absolute Gasteiger partial charge is 0.573 e. The molecule has 5 nitrogen and oxygen atoms in total. The minimum absolute atomic E-state index is 0.0120. The molecule has 22 heavy (non-hydrogen) atoms. The molecule has 0 aliphatic rings. The van der Waals surface area contributed by atoms with E-state index in [4.69, 9.17) is 11.6 Å². The van der Waals surface area contributed by atoms with Gasteiger partial charge in [0.15, 0.2) is 5.78 Å². The summed E-state index contributed by atoms with van der Waals surface area (Å²) in [5.41, 5.74) is 0.506. The Morgan fingerprint density at radius 3 is 2.41 bits per heavy atom. The minimum atomic E-state index is -4.75. The second kappa shape index (κ2) is 6.18. The number of nitrogens with zero attached hydrogens (tertiary/aromatic N) is 2. The lowest BCUT2D eigenvalue weighted by Gasteiger charge is -2.11. The van der Waals surface area contributed by atoms with E-state index in [1.807, 2.05) is 0 Å². The number of nitrogens with one attached hydrogen (secondary N) is 1. The van der Waals surface area contributed by atoms with Crippen LogP contribution in [0.1, 0.15) is 17.3 Å². The van der Waals surface area contributed by atoms with E-state index in [1.165, 1.54) is 19.1 Å². The molecule has 1 N–H and O–H groups in total. The fraction of sp³-hybridized carbons (Fsp3) is 0.154. The molecule has 0 amide bonds. The molecule has 1 aromatic heterocycles. The van der Waals surface area contributed by atoms with E-state index in [9.17, 15) is 18.0 Å². The molecule has 0 saturated heterocycles. The van der Waals surface area contributed by atoms with Gasteiger partial charge in [-0.3, -0.25) is 4.79 Å². The number of Topliss-reactive ketones (excluding diaryl/α,β-unsaturated/α-hetero) is 1. The van der Waals surface area contributed by atoms with Crippen molar-refractivity contribution in [1.82, 2.24) is 9.97 Å². The first-order valence-corrected chi connectivity index (χ1v) is 6.28. The number of anilines is 2. The van der Waals surface area contributed by atoms with Crippen LogP contribution in [0.2, 0.25) is 5.15 Å². The van der Waals surface area contributed by atoms with Crippen LogP contribution in [-0.2, 0) is 0 Å². The van der Waals surface area contributed by atoms with Crippen LogP contribution >= 0.6 is 11.6 Å². The van der Waals surface area contributed by atoms with Gasteiger partial charge in [0.2, 0.25) is 0 Å². The zero-order chi connectivity index (χ0) is 16.3. The number of hydrogen-bond donors (Lipinski definition) is 1. The van der Waals surface area contributed by atoms with Gasteiger partial charge in [0.05, 0.1) is 5.56 Å². The van der Waals surface area contributed by atoms with Crippen molar-refractivity contribution >= 4 is 28.9 Å². The monoisotopic (exact) mass is 331 g/mol. The van der Waals surface area contributed by atoms with Crippen LogP contribution in [0.5, 0.6) is 5.75 Å². The van der Waals surface area contributed by atoms with Gasteiger partial charge in [0.25, 0.3) is 0 Å². The van der Waals surface area contributed by atoms with Crippen LogP contribution in [0.4, 0.5) is 24.7 Å². The van der Waals surface area contributed by atoms with Crippen LogP contribution in [0.15, 0.2) is 30.6 Å². The lowest BCUT2D eigenvalue weighted by atomic mass is 10.2. The van der Waals surface area contributed by atoms with E-state index in [1.54, 1.807) is 0 Å². The quantitative estimate of drug-likeness (QED) is 0.678. The molecule has 0 aliphatic carbocycles. The average molecular weight is 332 g/mol. The van der Waals surface area contributed by atoms with Crippen molar-refractivity contribution in [3.8, 4) is 5.75 Å². The van der Waals surface area contributed by atoms with Crippen LogP contribution in [0.3, 0.4) is 0 Å². The van der Waals surface area contributed by atoms with Crippen molar-refractivity contribution in [3.63, 3.8) is 0 Å². The second-order valence-corrected chi connectivity index (χ2v) is 4.50. The van der Waals surface area contributed by atoms with Gasteiger partial charge in [-0.05, 0) is 31.2 Å². The molecular weight excluding hydrogens is 323 g/mol. The maximum atomic E-state index is 12.1. The van der Waals surface area contributed by atoms with Crippen molar-refractivity contribution in [3.05, 3.63) is 41.3 Å². The highest BCUT2D eigenvalue weighted by Gasteiger charge is 2.30. The Morgan fingerprint density at radius 1 is 1.23 bits per heavy atom. The standard InChI is InChI=1S/C13H9ClF3N3O2/c1-7(21)10-11(14)18-6-19-12(10)20-8-2-4-9(5-3-8)22-13(15,16)17/h2-6H,1H3,(H,18,19,20). The maximum absolute atomic E-state index is 12.1. The van der Waals surface area contributed by atoms with Crippen molar-refractivity contribution < 1.29 is 22.7 Å². The number of carbonyl (C=O) groups excluding carboxylic acids is 1. The van der Waals surface area contributed by atoms with Crippen molar-refractivity contribution in [2.75, 3.05) is 5.32 Å². The molecule has 1 heterocycles. The Morgan fingerprint density at radius 2 is 1.86 bits per heavy atom. The van der Waals surface area contributed by atoms with Gasteiger partial charge < -0.3 is 10.1 Å². The fourth-order valence-electron chi connectivity index (χ4n) is 1.65. The molecule has 0 saturated carbocycles. The summed E-state index contributed by atoms with van der Waals surface area (Å²) in [6.07, 6.45) is -3.59. The Labute approximate surface area is 128 Å². The first-order chi connectivity index (χ1) is 10.3. The predicted molar refractivity (Wildman–Crippen MR) is 73.5 cm³/mol. The van der Waals surface area contributed by atoms with E-state index < -0.39 is 6.36 Å². The zero-order valence-electron chi connectivity index (χ0n) is 11.1. The Hall–Kier alpha value is -2.35. The first kappa shape index (κ1) is 16.0. The summed E-state index contributed by atoms with van der Waals surface area (Å²) < 4.78 is 40.0. The summed E-state index contributed by atoms with van der Waals surface area (Å²) in [4.78, 5) is 19.1. The summed E-state index contributed by atoms with van der Waals surface area (Å²) in [7, 11) is 0. The molecule has 0 fully saturated rings. The Bertz CT molecular complexity index is 690. The van der Waals surface area contributed by atoms with Gasteiger partial charge in [-0.1, -0.05) is 11.6 Å². The number of benzene rings is 1. The van der Waals surface area contributed by atoms with Crippen LogP contribution < -0.4 is 10.1 Å². The highest BCUT2D eigenvalue weighted by Crippen LogP contribution is 2.27. The fourth-order valence-corrected chi connectivity index (χ4v) is 1.91. The summed E-state index contributed by atoms with van der Waals surface area (Å²) in [6, 6.07) is 4.96. The number of halogens is 4. The molecule has 0 bridgehead atoms. The number of carbonyl (C=O) groups is 1. The van der Waals surface area contributed by atoms with Gasteiger partial charge in [-0.15, -0.1) is 13.2 Å². The molecule has 0 aliphatic heterocycles. The molecule has 2 aromatic rings. The Balaban J connectivity index is 2.22. The molecule has 9 heteroatoms. The SMILES string of the molecule is CC(=O)c1c(Cl)ncnc1Nc1ccc(OC(F)(F)F)cc1. The zero-order valence-corrected chi connectivity index (χ0v) is 11.9. The number of ether oxygens (including phenoxy) is 1. The van der Waals surface area contributed by atoms with Gasteiger partial charge in [-0.2, -0.15) is 0 Å².